The maximum atomic E-state index is 12.1. The molecule has 0 radical (unpaired) electrons. The van der Waals surface area contributed by atoms with Crippen LogP contribution in [0.5, 0.6) is 0 Å². The van der Waals surface area contributed by atoms with Gasteiger partial charge in [0.15, 0.2) is 0 Å². The third-order valence-electron chi connectivity index (χ3n) is 3.56. The normalized spacial score (nSPS) is 21.7. The van der Waals surface area contributed by atoms with E-state index < -0.39 is 5.97 Å². The molecule has 1 aliphatic heterocycles. The summed E-state index contributed by atoms with van der Waals surface area (Å²) in [4.78, 5) is 23.2. The molecule has 1 aromatic carbocycles. The zero-order valence-corrected chi connectivity index (χ0v) is 11.5. The van der Waals surface area contributed by atoms with Crippen LogP contribution in [0.3, 0.4) is 0 Å². The lowest BCUT2D eigenvalue weighted by molar-refractivity contribution is -0.118. The molecule has 2 rings (SSSR count). The van der Waals surface area contributed by atoms with E-state index in [1.165, 1.54) is 6.07 Å². The number of hydrogen-bond donors (Lipinski definition) is 3. The predicted molar refractivity (Wildman–Crippen MR) is 74.0 cm³/mol. The second-order valence-corrected chi connectivity index (χ2v) is 4.83. The van der Waals surface area contributed by atoms with Gasteiger partial charge < -0.3 is 20.5 Å². The van der Waals surface area contributed by atoms with Gasteiger partial charge in [-0.1, -0.05) is 6.07 Å². The molecule has 6 heteroatoms. The van der Waals surface area contributed by atoms with E-state index in [-0.39, 0.29) is 23.6 Å². The van der Waals surface area contributed by atoms with Crippen LogP contribution in [-0.2, 0) is 9.53 Å². The fraction of sp³-hybridized carbons (Fsp3) is 0.429. The van der Waals surface area contributed by atoms with Crippen molar-refractivity contribution in [3.63, 3.8) is 0 Å². The summed E-state index contributed by atoms with van der Waals surface area (Å²) >= 11 is 0. The SMILES string of the molecule is COC1CNC(C(=O)Nc2cccc(C(=O)O)c2C)C1. The van der Waals surface area contributed by atoms with Crippen LogP contribution in [0.25, 0.3) is 0 Å². The standard InChI is InChI=1S/C14H18N2O4/c1-8-10(14(18)19)4-3-5-11(8)16-13(17)12-6-9(20-2)7-15-12/h3-5,9,12,15H,6-7H2,1-2H3,(H,16,17)(H,18,19). The van der Waals surface area contributed by atoms with Crippen molar-refractivity contribution in [2.24, 2.45) is 0 Å². The zero-order chi connectivity index (χ0) is 14.7. The van der Waals surface area contributed by atoms with Gasteiger partial charge in [-0.15, -0.1) is 0 Å². The first kappa shape index (κ1) is 14.5. The Morgan fingerprint density at radius 1 is 1.45 bits per heavy atom. The molecule has 1 saturated heterocycles. The van der Waals surface area contributed by atoms with Gasteiger partial charge in [0.1, 0.15) is 0 Å². The monoisotopic (exact) mass is 278 g/mol. The molecular formula is C14H18N2O4. The zero-order valence-electron chi connectivity index (χ0n) is 11.5. The maximum Gasteiger partial charge on any atom is 0.336 e. The number of carbonyl (C=O) groups is 2. The summed E-state index contributed by atoms with van der Waals surface area (Å²) in [6.45, 7) is 2.32. The molecule has 1 heterocycles. The molecule has 6 nitrogen and oxygen atoms in total. The van der Waals surface area contributed by atoms with E-state index >= 15 is 0 Å². The van der Waals surface area contributed by atoms with Gasteiger partial charge in [-0.05, 0) is 31.0 Å². The van der Waals surface area contributed by atoms with Gasteiger partial charge in [-0.2, -0.15) is 0 Å². The number of methoxy groups -OCH3 is 1. The fourth-order valence-corrected chi connectivity index (χ4v) is 2.31. The molecule has 1 amide bonds. The van der Waals surface area contributed by atoms with Crippen LogP contribution < -0.4 is 10.6 Å². The Morgan fingerprint density at radius 3 is 2.80 bits per heavy atom. The van der Waals surface area contributed by atoms with Crippen LogP contribution in [0.4, 0.5) is 5.69 Å². The van der Waals surface area contributed by atoms with Crippen molar-refractivity contribution in [1.82, 2.24) is 5.32 Å². The van der Waals surface area contributed by atoms with E-state index in [0.717, 1.165) is 0 Å². The molecule has 1 fully saturated rings. The lowest BCUT2D eigenvalue weighted by Gasteiger charge is -2.14. The van der Waals surface area contributed by atoms with Crippen molar-refractivity contribution in [1.29, 1.82) is 0 Å². The van der Waals surface area contributed by atoms with Crippen LogP contribution in [0.15, 0.2) is 18.2 Å². The summed E-state index contributed by atoms with van der Waals surface area (Å²) in [5.74, 6) is -1.17. The van der Waals surface area contributed by atoms with Gasteiger partial charge in [0.05, 0.1) is 17.7 Å². The number of anilines is 1. The number of rotatable bonds is 4. The summed E-state index contributed by atoms with van der Waals surface area (Å²) in [6.07, 6.45) is 0.650. The third-order valence-corrected chi connectivity index (χ3v) is 3.56. The number of ether oxygens (including phenoxy) is 1. The Morgan fingerprint density at radius 2 is 2.20 bits per heavy atom. The van der Waals surface area contributed by atoms with Crippen molar-refractivity contribution in [2.45, 2.75) is 25.5 Å². The van der Waals surface area contributed by atoms with Crippen molar-refractivity contribution >= 4 is 17.6 Å². The molecule has 20 heavy (non-hydrogen) atoms. The van der Waals surface area contributed by atoms with Crippen LogP contribution in [-0.4, -0.2) is 42.8 Å². The van der Waals surface area contributed by atoms with Crippen molar-refractivity contribution in [3.8, 4) is 0 Å². The van der Waals surface area contributed by atoms with E-state index in [9.17, 15) is 9.59 Å². The summed E-state index contributed by atoms with van der Waals surface area (Å²) < 4.78 is 5.20. The van der Waals surface area contributed by atoms with Crippen molar-refractivity contribution in [2.75, 3.05) is 19.0 Å². The summed E-state index contributed by atoms with van der Waals surface area (Å²) in [6, 6.07) is 4.52. The molecule has 2 atom stereocenters. The minimum Gasteiger partial charge on any atom is -0.478 e. The van der Waals surface area contributed by atoms with E-state index in [0.29, 0.717) is 24.2 Å². The number of amides is 1. The molecule has 0 saturated carbocycles. The molecule has 1 aromatic rings. The number of benzene rings is 1. The summed E-state index contributed by atoms with van der Waals surface area (Å²) in [7, 11) is 1.62. The van der Waals surface area contributed by atoms with Gasteiger partial charge >= 0.3 is 5.97 Å². The first-order valence-electron chi connectivity index (χ1n) is 6.43. The molecule has 1 aliphatic rings. The Labute approximate surface area is 117 Å². The molecule has 0 aliphatic carbocycles. The molecule has 2 unspecified atom stereocenters. The van der Waals surface area contributed by atoms with Gasteiger partial charge in [0.25, 0.3) is 0 Å². The molecule has 108 valence electrons. The van der Waals surface area contributed by atoms with Crippen LogP contribution in [0, 0.1) is 6.92 Å². The van der Waals surface area contributed by atoms with E-state index in [1.54, 1.807) is 26.2 Å². The Kier molecular flexibility index (Phi) is 4.36. The lowest BCUT2D eigenvalue weighted by Crippen LogP contribution is -2.35. The molecule has 3 N–H and O–H groups in total. The number of aromatic carboxylic acids is 1. The molecule has 0 spiro atoms. The minimum atomic E-state index is -1.00. The van der Waals surface area contributed by atoms with Crippen molar-refractivity contribution < 1.29 is 19.4 Å². The smallest absolute Gasteiger partial charge is 0.336 e. The van der Waals surface area contributed by atoms with E-state index in [4.69, 9.17) is 9.84 Å². The highest BCUT2D eigenvalue weighted by atomic mass is 16.5. The minimum absolute atomic E-state index is 0.0391. The number of carboxylic acid groups (broad SMARTS) is 1. The first-order valence-corrected chi connectivity index (χ1v) is 6.43. The van der Waals surface area contributed by atoms with Crippen molar-refractivity contribution in [3.05, 3.63) is 29.3 Å². The van der Waals surface area contributed by atoms with Gasteiger partial charge in [-0.25, -0.2) is 4.79 Å². The first-order chi connectivity index (χ1) is 9.52. The number of hydrogen-bond acceptors (Lipinski definition) is 4. The Balaban J connectivity index is 2.09. The second kappa shape index (κ2) is 6.02. The highest BCUT2D eigenvalue weighted by Gasteiger charge is 2.29. The summed E-state index contributed by atoms with van der Waals surface area (Å²) in [5.41, 5.74) is 1.27. The Hall–Kier alpha value is -1.92. The fourth-order valence-electron chi connectivity index (χ4n) is 2.31. The predicted octanol–water partition coefficient (Wildman–Crippen LogP) is 1.01. The third kappa shape index (κ3) is 2.97. The average Bonchev–Trinajstić information content (AvgIpc) is 2.89. The Bertz CT molecular complexity index is 530. The van der Waals surface area contributed by atoms with Gasteiger partial charge in [0.2, 0.25) is 5.91 Å². The molecule has 0 bridgehead atoms. The highest BCUT2D eigenvalue weighted by molar-refractivity contribution is 5.98. The quantitative estimate of drug-likeness (QED) is 0.765. The lowest BCUT2D eigenvalue weighted by atomic mass is 10.1. The average molecular weight is 278 g/mol. The van der Waals surface area contributed by atoms with Crippen LogP contribution in [0.1, 0.15) is 22.3 Å². The van der Waals surface area contributed by atoms with Gasteiger partial charge in [-0.3, -0.25) is 4.79 Å². The van der Waals surface area contributed by atoms with E-state index in [2.05, 4.69) is 10.6 Å². The van der Waals surface area contributed by atoms with Crippen LogP contribution in [0.2, 0.25) is 0 Å². The largest absolute Gasteiger partial charge is 0.478 e. The topological polar surface area (TPSA) is 87.7 Å². The summed E-state index contributed by atoms with van der Waals surface area (Å²) in [5, 5.41) is 14.9. The second-order valence-electron chi connectivity index (χ2n) is 4.83. The maximum absolute atomic E-state index is 12.1. The molecular weight excluding hydrogens is 260 g/mol. The highest BCUT2D eigenvalue weighted by Crippen LogP contribution is 2.20. The number of carbonyl (C=O) groups excluding carboxylic acids is 1. The number of carboxylic acids is 1. The molecule has 0 aromatic heterocycles. The van der Waals surface area contributed by atoms with E-state index in [1.807, 2.05) is 0 Å². The van der Waals surface area contributed by atoms with Crippen LogP contribution >= 0.6 is 0 Å². The number of nitrogens with one attached hydrogen (secondary N) is 2. The van der Waals surface area contributed by atoms with Gasteiger partial charge in [0, 0.05) is 19.3 Å².